The summed E-state index contributed by atoms with van der Waals surface area (Å²) in [6, 6.07) is 15.3. The summed E-state index contributed by atoms with van der Waals surface area (Å²) in [5, 5.41) is 7.45. The van der Waals surface area contributed by atoms with Crippen LogP contribution in [0.15, 0.2) is 48.5 Å². The molecular weight excluding hydrogens is 406 g/mol. The normalized spacial score (nSPS) is 13.8. The van der Waals surface area contributed by atoms with E-state index in [0.717, 1.165) is 13.1 Å². The number of anilines is 1. The Morgan fingerprint density at radius 1 is 1.10 bits per heavy atom. The number of guanidine groups is 1. The van der Waals surface area contributed by atoms with Gasteiger partial charge in [0.05, 0.1) is 13.2 Å². The van der Waals surface area contributed by atoms with Crippen molar-refractivity contribution in [2.24, 2.45) is 5.73 Å². The number of para-hydroxylation sites is 1. The van der Waals surface area contributed by atoms with Gasteiger partial charge in [-0.25, -0.2) is 5.48 Å². The van der Waals surface area contributed by atoms with E-state index in [1.165, 1.54) is 5.69 Å². The molecule has 1 saturated heterocycles. The maximum absolute atomic E-state index is 13.0. The number of hydrogen-bond donors (Lipinski definition) is 3. The first-order valence-electron chi connectivity index (χ1n) is 9.77. The zero-order valence-electron chi connectivity index (χ0n) is 16.6. The van der Waals surface area contributed by atoms with Crippen molar-refractivity contribution in [1.29, 1.82) is 5.41 Å². The monoisotopic (exact) mass is 431 g/mol. The van der Waals surface area contributed by atoms with Crippen molar-refractivity contribution >= 4 is 29.2 Å². The van der Waals surface area contributed by atoms with Gasteiger partial charge in [0.25, 0.3) is 5.91 Å². The number of hydroxylamine groups is 1. The molecule has 0 radical (unpaired) electrons. The summed E-state index contributed by atoms with van der Waals surface area (Å²) in [6.45, 7) is 3.58. The van der Waals surface area contributed by atoms with E-state index in [2.05, 4.69) is 22.5 Å². The molecule has 0 spiro atoms. The number of piperazine rings is 1. The summed E-state index contributed by atoms with van der Waals surface area (Å²) in [6.07, 6.45) is 0.581. The maximum Gasteiger partial charge on any atom is 0.254 e. The molecule has 0 atom stereocenters. The Balaban J connectivity index is 1.51. The lowest BCUT2D eigenvalue weighted by Gasteiger charge is -2.36. The van der Waals surface area contributed by atoms with Crippen LogP contribution in [0.5, 0.6) is 5.75 Å². The highest BCUT2D eigenvalue weighted by Gasteiger charge is 2.23. The summed E-state index contributed by atoms with van der Waals surface area (Å²) in [7, 11) is 0. The summed E-state index contributed by atoms with van der Waals surface area (Å²) >= 11 is 6.20. The van der Waals surface area contributed by atoms with Crippen molar-refractivity contribution < 1.29 is 14.4 Å². The van der Waals surface area contributed by atoms with Crippen molar-refractivity contribution in [2.45, 2.75) is 6.42 Å². The SMILES string of the molecule is N=C(N)NOCCCOc1cc(Cl)cc(C(=O)N2CCN(c3ccccc3)CC2)c1. The fourth-order valence-electron chi connectivity index (χ4n) is 3.21. The third-order valence-electron chi connectivity index (χ3n) is 4.65. The Hall–Kier alpha value is -2.97. The van der Waals surface area contributed by atoms with Crippen molar-refractivity contribution in [2.75, 3.05) is 44.3 Å². The molecule has 0 aromatic heterocycles. The number of nitrogens with two attached hydrogens (primary N) is 1. The molecule has 3 rings (SSSR count). The molecule has 1 aliphatic rings. The molecule has 0 unspecified atom stereocenters. The number of ether oxygens (including phenoxy) is 1. The highest BCUT2D eigenvalue weighted by atomic mass is 35.5. The van der Waals surface area contributed by atoms with E-state index in [9.17, 15) is 4.79 Å². The number of rotatable bonds is 8. The second-order valence-corrected chi connectivity index (χ2v) is 7.29. The predicted octanol–water partition coefficient (Wildman–Crippen LogP) is 2.49. The Morgan fingerprint density at radius 2 is 1.83 bits per heavy atom. The molecule has 9 heteroatoms. The van der Waals surface area contributed by atoms with Crippen LogP contribution < -0.4 is 20.9 Å². The van der Waals surface area contributed by atoms with Crippen molar-refractivity contribution in [3.8, 4) is 5.75 Å². The number of nitrogens with zero attached hydrogens (tertiary/aromatic N) is 2. The standard InChI is InChI=1S/C21H26ClN5O3/c22-17-13-16(14-19(15-17)29-11-4-12-30-25-21(23)24)20(28)27-9-7-26(8-10-27)18-5-2-1-3-6-18/h1-3,5-6,13-15H,4,7-12H2,(H4,23,24,25). The molecule has 1 amide bonds. The highest BCUT2D eigenvalue weighted by Crippen LogP contribution is 2.23. The van der Waals surface area contributed by atoms with E-state index >= 15 is 0 Å². The van der Waals surface area contributed by atoms with Crippen molar-refractivity contribution in [3.05, 3.63) is 59.1 Å². The number of carbonyl (C=O) groups excluding carboxylic acids is 1. The lowest BCUT2D eigenvalue weighted by atomic mass is 10.1. The minimum atomic E-state index is -0.251. The molecule has 4 N–H and O–H groups in total. The fraction of sp³-hybridized carbons (Fsp3) is 0.333. The van der Waals surface area contributed by atoms with Gasteiger partial charge in [-0.2, -0.15) is 0 Å². The largest absolute Gasteiger partial charge is 0.493 e. The second kappa shape index (κ2) is 10.7. The average Bonchev–Trinajstić information content (AvgIpc) is 2.76. The predicted molar refractivity (Wildman–Crippen MR) is 117 cm³/mol. The van der Waals surface area contributed by atoms with Crippen LogP contribution in [0.2, 0.25) is 5.02 Å². The van der Waals surface area contributed by atoms with Crippen LogP contribution in [0.1, 0.15) is 16.8 Å². The first kappa shape index (κ1) is 21.7. The molecular formula is C21H26ClN5O3. The number of halogens is 1. The number of hydrogen-bond acceptors (Lipinski definition) is 5. The molecule has 2 aromatic rings. The fourth-order valence-corrected chi connectivity index (χ4v) is 3.43. The molecule has 30 heavy (non-hydrogen) atoms. The topological polar surface area (TPSA) is 104 Å². The van der Waals surface area contributed by atoms with E-state index < -0.39 is 0 Å². The quantitative estimate of drug-likeness (QED) is 0.257. The lowest BCUT2D eigenvalue weighted by molar-refractivity contribution is 0.0728. The average molecular weight is 432 g/mol. The van der Waals surface area contributed by atoms with Crippen LogP contribution in [-0.4, -0.2) is 56.2 Å². The Labute approximate surface area is 181 Å². The molecule has 1 aliphatic heterocycles. The smallest absolute Gasteiger partial charge is 0.254 e. The van der Waals surface area contributed by atoms with E-state index in [-0.39, 0.29) is 11.9 Å². The summed E-state index contributed by atoms with van der Waals surface area (Å²) in [5.74, 6) is 0.232. The van der Waals surface area contributed by atoms with Gasteiger partial charge in [0, 0.05) is 48.9 Å². The van der Waals surface area contributed by atoms with E-state index in [0.29, 0.717) is 49.1 Å². The molecule has 0 bridgehead atoms. The number of benzene rings is 2. The molecule has 160 valence electrons. The number of carbonyl (C=O) groups is 1. The van der Waals surface area contributed by atoms with Gasteiger partial charge in [-0.3, -0.25) is 15.0 Å². The zero-order valence-corrected chi connectivity index (χ0v) is 17.4. The maximum atomic E-state index is 13.0. The minimum absolute atomic E-state index is 0.0518. The molecule has 0 saturated carbocycles. The second-order valence-electron chi connectivity index (χ2n) is 6.86. The van der Waals surface area contributed by atoms with Crippen LogP contribution in [0.4, 0.5) is 5.69 Å². The molecule has 8 nitrogen and oxygen atoms in total. The van der Waals surface area contributed by atoms with Gasteiger partial charge in [-0.15, -0.1) is 0 Å². The van der Waals surface area contributed by atoms with Crippen LogP contribution >= 0.6 is 11.6 Å². The van der Waals surface area contributed by atoms with Gasteiger partial charge in [0.15, 0.2) is 0 Å². The van der Waals surface area contributed by atoms with Crippen LogP contribution in [0, 0.1) is 5.41 Å². The van der Waals surface area contributed by atoms with Gasteiger partial charge in [-0.1, -0.05) is 29.8 Å². The number of amides is 1. The molecule has 1 heterocycles. The summed E-state index contributed by atoms with van der Waals surface area (Å²) in [5.41, 5.74) is 9.07. The van der Waals surface area contributed by atoms with Crippen LogP contribution in [-0.2, 0) is 4.84 Å². The lowest BCUT2D eigenvalue weighted by Crippen LogP contribution is -2.48. The van der Waals surface area contributed by atoms with Gasteiger partial charge in [0.2, 0.25) is 5.96 Å². The Bertz CT molecular complexity index is 857. The highest BCUT2D eigenvalue weighted by molar-refractivity contribution is 6.31. The van der Waals surface area contributed by atoms with Crippen LogP contribution in [0.3, 0.4) is 0 Å². The minimum Gasteiger partial charge on any atom is -0.493 e. The van der Waals surface area contributed by atoms with Gasteiger partial charge < -0.3 is 20.3 Å². The third-order valence-corrected chi connectivity index (χ3v) is 4.87. The van der Waals surface area contributed by atoms with E-state index in [1.807, 2.05) is 23.1 Å². The Morgan fingerprint density at radius 3 is 2.53 bits per heavy atom. The molecule has 2 aromatic carbocycles. The first-order valence-corrected chi connectivity index (χ1v) is 10.2. The van der Waals surface area contributed by atoms with Crippen molar-refractivity contribution in [3.63, 3.8) is 0 Å². The summed E-state index contributed by atoms with van der Waals surface area (Å²) < 4.78 is 5.69. The first-order chi connectivity index (χ1) is 14.5. The van der Waals surface area contributed by atoms with Crippen LogP contribution in [0.25, 0.3) is 0 Å². The Kier molecular flexibility index (Phi) is 7.75. The van der Waals surface area contributed by atoms with Gasteiger partial charge in [-0.05, 0) is 30.3 Å². The molecule has 1 fully saturated rings. The van der Waals surface area contributed by atoms with E-state index in [1.54, 1.807) is 18.2 Å². The van der Waals surface area contributed by atoms with Gasteiger partial charge in [0.1, 0.15) is 5.75 Å². The van der Waals surface area contributed by atoms with Gasteiger partial charge >= 0.3 is 0 Å². The third kappa shape index (κ3) is 6.27. The number of nitrogens with one attached hydrogen (secondary N) is 2. The van der Waals surface area contributed by atoms with E-state index in [4.69, 9.17) is 32.3 Å². The molecule has 0 aliphatic carbocycles. The zero-order chi connectivity index (χ0) is 21.3. The summed E-state index contributed by atoms with van der Waals surface area (Å²) in [4.78, 5) is 22.0. The van der Waals surface area contributed by atoms with Crippen molar-refractivity contribution in [1.82, 2.24) is 10.4 Å².